The molecule has 0 amide bonds. The highest BCUT2D eigenvalue weighted by atomic mass is 32.1. The zero-order chi connectivity index (χ0) is 13.8. The fourth-order valence-electron chi connectivity index (χ4n) is 1.46. The fourth-order valence-corrected chi connectivity index (χ4v) is 2.02. The van der Waals surface area contributed by atoms with Crippen LogP contribution in [0.4, 0.5) is 14.5 Å². The van der Waals surface area contributed by atoms with Gasteiger partial charge in [-0.25, -0.2) is 18.6 Å². The summed E-state index contributed by atoms with van der Waals surface area (Å²) in [5.74, 6) is -3.25. The SMILES string of the molecule is COC(=O)c1ccc(NCc2cscn2)c(F)c1F. The number of rotatable bonds is 4. The Hall–Kier alpha value is -2.02. The minimum atomic E-state index is -1.23. The Bertz CT molecular complexity index is 588. The van der Waals surface area contributed by atoms with Gasteiger partial charge in [0.05, 0.1) is 36.1 Å². The molecule has 4 nitrogen and oxygen atoms in total. The van der Waals surface area contributed by atoms with Crippen LogP contribution >= 0.6 is 11.3 Å². The van der Waals surface area contributed by atoms with Gasteiger partial charge in [-0.05, 0) is 12.1 Å². The van der Waals surface area contributed by atoms with Crippen LogP contribution in [0.1, 0.15) is 16.1 Å². The molecule has 1 heterocycles. The maximum Gasteiger partial charge on any atom is 0.340 e. The number of nitrogens with one attached hydrogen (secondary N) is 1. The number of esters is 1. The van der Waals surface area contributed by atoms with Crippen molar-refractivity contribution < 1.29 is 18.3 Å². The van der Waals surface area contributed by atoms with Crippen molar-refractivity contribution in [1.82, 2.24) is 4.98 Å². The second kappa shape index (κ2) is 5.75. The van der Waals surface area contributed by atoms with Crippen LogP contribution in [0.3, 0.4) is 0 Å². The van der Waals surface area contributed by atoms with Crippen molar-refractivity contribution in [2.75, 3.05) is 12.4 Å². The molecule has 0 bridgehead atoms. The van der Waals surface area contributed by atoms with Crippen molar-refractivity contribution in [3.63, 3.8) is 0 Å². The number of aromatic nitrogens is 1. The van der Waals surface area contributed by atoms with Gasteiger partial charge in [0.25, 0.3) is 0 Å². The zero-order valence-electron chi connectivity index (χ0n) is 9.94. The van der Waals surface area contributed by atoms with E-state index >= 15 is 0 Å². The fraction of sp³-hybridized carbons (Fsp3) is 0.167. The van der Waals surface area contributed by atoms with Crippen molar-refractivity contribution >= 4 is 23.0 Å². The molecule has 100 valence electrons. The van der Waals surface area contributed by atoms with Gasteiger partial charge in [-0.1, -0.05) is 0 Å². The van der Waals surface area contributed by atoms with Gasteiger partial charge in [-0.2, -0.15) is 0 Å². The number of hydrogen-bond acceptors (Lipinski definition) is 5. The molecule has 0 fully saturated rings. The molecular weight excluding hydrogens is 274 g/mol. The minimum absolute atomic E-state index is 0.0295. The monoisotopic (exact) mass is 284 g/mol. The number of carbonyl (C=O) groups is 1. The van der Waals surface area contributed by atoms with Gasteiger partial charge < -0.3 is 10.1 Å². The Morgan fingerprint density at radius 3 is 2.84 bits per heavy atom. The first-order chi connectivity index (χ1) is 9.13. The van der Waals surface area contributed by atoms with E-state index in [1.54, 1.807) is 10.9 Å². The minimum Gasteiger partial charge on any atom is -0.465 e. The highest BCUT2D eigenvalue weighted by Crippen LogP contribution is 2.21. The normalized spacial score (nSPS) is 10.3. The number of hydrogen-bond donors (Lipinski definition) is 1. The Morgan fingerprint density at radius 2 is 2.21 bits per heavy atom. The lowest BCUT2D eigenvalue weighted by Gasteiger charge is -2.08. The van der Waals surface area contributed by atoms with Crippen molar-refractivity contribution in [2.24, 2.45) is 0 Å². The van der Waals surface area contributed by atoms with Crippen LogP contribution in [-0.2, 0) is 11.3 Å². The smallest absolute Gasteiger partial charge is 0.340 e. The molecule has 2 rings (SSSR count). The first kappa shape index (κ1) is 13.4. The molecule has 0 radical (unpaired) electrons. The summed E-state index contributed by atoms with van der Waals surface area (Å²) in [4.78, 5) is 15.2. The second-order valence-electron chi connectivity index (χ2n) is 3.61. The van der Waals surface area contributed by atoms with Crippen LogP contribution in [0.5, 0.6) is 0 Å². The number of thiazole rings is 1. The third-order valence-corrected chi connectivity index (χ3v) is 3.07. The molecule has 1 aromatic heterocycles. The maximum absolute atomic E-state index is 13.7. The molecule has 0 aliphatic rings. The van der Waals surface area contributed by atoms with E-state index in [1.165, 1.54) is 23.5 Å². The van der Waals surface area contributed by atoms with E-state index in [0.717, 1.165) is 12.8 Å². The third kappa shape index (κ3) is 2.87. The summed E-state index contributed by atoms with van der Waals surface area (Å²) in [5.41, 5.74) is 1.91. The molecule has 0 aliphatic carbocycles. The molecule has 0 saturated carbocycles. The van der Waals surface area contributed by atoms with E-state index in [1.807, 2.05) is 0 Å². The predicted molar refractivity (Wildman–Crippen MR) is 67.1 cm³/mol. The summed E-state index contributed by atoms with van der Waals surface area (Å²) in [7, 11) is 1.11. The van der Waals surface area contributed by atoms with E-state index in [4.69, 9.17) is 0 Å². The van der Waals surface area contributed by atoms with Crippen LogP contribution in [0.25, 0.3) is 0 Å². The van der Waals surface area contributed by atoms with Gasteiger partial charge in [-0.3, -0.25) is 0 Å². The molecule has 1 aromatic carbocycles. The number of methoxy groups -OCH3 is 1. The summed E-state index contributed by atoms with van der Waals surface area (Å²) in [6.07, 6.45) is 0. The Kier molecular flexibility index (Phi) is 4.06. The summed E-state index contributed by atoms with van der Waals surface area (Å²) >= 11 is 1.41. The number of nitrogens with zero attached hydrogens (tertiary/aromatic N) is 1. The number of ether oxygens (including phenoxy) is 1. The highest BCUT2D eigenvalue weighted by molar-refractivity contribution is 7.07. The van der Waals surface area contributed by atoms with Gasteiger partial charge in [0, 0.05) is 5.38 Å². The molecule has 2 aromatic rings. The average molecular weight is 284 g/mol. The van der Waals surface area contributed by atoms with Crippen molar-refractivity contribution in [2.45, 2.75) is 6.54 Å². The van der Waals surface area contributed by atoms with Gasteiger partial charge in [-0.15, -0.1) is 11.3 Å². The van der Waals surface area contributed by atoms with Crippen LogP contribution in [0.2, 0.25) is 0 Å². The van der Waals surface area contributed by atoms with Crippen LogP contribution in [-0.4, -0.2) is 18.1 Å². The lowest BCUT2D eigenvalue weighted by atomic mass is 10.2. The van der Waals surface area contributed by atoms with E-state index in [-0.39, 0.29) is 12.2 Å². The largest absolute Gasteiger partial charge is 0.465 e. The summed E-state index contributed by atoms with van der Waals surface area (Å²) in [6, 6.07) is 2.46. The van der Waals surface area contributed by atoms with Gasteiger partial charge in [0.2, 0.25) is 0 Å². The zero-order valence-corrected chi connectivity index (χ0v) is 10.8. The quantitative estimate of drug-likeness (QED) is 0.877. The number of halogens is 2. The lowest BCUT2D eigenvalue weighted by molar-refractivity contribution is 0.0594. The number of anilines is 1. The Morgan fingerprint density at radius 1 is 1.42 bits per heavy atom. The molecule has 0 saturated heterocycles. The van der Waals surface area contributed by atoms with Crippen molar-refractivity contribution in [1.29, 1.82) is 0 Å². The van der Waals surface area contributed by atoms with Gasteiger partial charge >= 0.3 is 5.97 Å². The Balaban J connectivity index is 2.19. The van der Waals surface area contributed by atoms with Crippen LogP contribution < -0.4 is 5.32 Å². The molecule has 0 spiro atoms. The van der Waals surface area contributed by atoms with Crippen molar-refractivity contribution in [3.8, 4) is 0 Å². The molecule has 19 heavy (non-hydrogen) atoms. The number of benzene rings is 1. The molecule has 1 N–H and O–H groups in total. The summed E-state index contributed by atoms with van der Waals surface area (Å²) in [6.45, 7) is 0.275. The lowest BCUT2D eigenvalue weighted by Crippen LogP contribution is -2.09. The van der Waals surface area contributed by atoms with E-state index < -0.39 is 23.2 Å². The van der Waals surface area contributed by atoms with Crippen LogP contribution in [0.15, 0.2) is 23.0 Å². The molecule has 0 unspecified atom stereocenters. The molecule has 7 heteroatoms. The van der Waals surface area contributed by atoms with Crippen molar-refractivity contribution in [3.05, 3.63) is 45.9 Å². The summed E-state index contributed by atoms with van der Waals surface area (Å²) < 4.78 is 31.7. The standard InChI is InChI=1S/C12H10F2N2O2S/c1-18-12(17)8-2-3-9(11(14)10(8)13)15-4-7-5-19-6-16-7/h2-3,5-6,15H,4H2,1H3. The average Bonchev–Trinajstić information content (AvgIpc) is 2.93. The first-order valence-electron chi connectivity index (χ1n) is 5.30. The van der Waals surface area contributed by atoms with E-state index in [0.29, 0.717) is 0 Å². The molecule has 0 atom stereocenters. The second-order valence-corrected chi connectivity index (χ2v) is 4.33. The maximum atomic E-state index is 13.7. The van der Waals surface area contributed by atoms with E-state index in [9.17, 15) is 13.6 Å². The molecular formula is C12H10F2N2O2S. The summed E-state index contributed by atoms with van der Waals surface area (Å²) in [5, 5.41) is 4.51. The topological polar surface area (TPSA) is 51.2 Å². The van der Waals surface area contributed by atoms with E-state index in [2.05, 4.69) is 15.0 Å². The van der Waals surface area contributed by atoms with Gasteiger partial charge in [0.15, 0.2) is 11.6 Å². The third-order valence-electron chi connectivity index (χ3n) is 2.43. The molecule has 0 aliphatic heterocycles. The number of carbonyl (C=O) groups excluding carboxylic acids is 1. The first-order valence-corrected chi connectivity index (χ1v) is 6.25. The van der Waals surface area contributed by atoms with Crippen LogP contribution in [0, 0.1) is 11.6 Å². The highest BCUT2D eigenvalue weighted by Gasteiger charge is 2.18. The Labute approximate surface area is 112 Å². The van der Waals surface area contributed by atoms with Gasteiger partial charge in [0.1, 0.15) is 0 Å². The predicted octanol–water partition coefficient (Wildman–Crippen LogP) is 2.82.